The lowest BCUT2D eigenvalue weighted by Crippen LogP contribution is -2.36. The lowest BCUT2D eigenvalue weighted by Gasteiger charge is -2.19. The number of nitrogens with zero attached hydrogens (tertiary/aromatic N) is 4. The van der Waals surface area contributed by atoms with Crippen LogP contribution in [0, 0.1) is 35.8 Å². The van der Waals surface area contributed by atoms with E-state index in [1.54, 1.807) is 60.7 Å². The standard InChI is InChI=1S/C24H18N4O4/c1-27-19(13-25)11-17-3-7-21(8-4-17)31-15-23(29)24(30)16-32-22-9-5-18(6-10-22)12-20(14-26)28-2/h3-12,23-24,29-30H,15-16H2/b19-11-,20-12+. The van der Waals surface area contributed by atoms with Crippen molar-refractivity contribution in [2.45, 2.75) is 12.2 Å². The van der Waals surface area contributed by atoms with Crippen LogP contribution in [-0.2, 0) is 0 Å². The van der Waals surface area contributed by atoms with Crippen molar-refractivity contribution in [1.29, 1.82) is 10.5 Å². The Balaban J connectivity index is 1.83. The first kappa shape index (κ1) is 23.7. The zero-order valence-corrected chi connectivity index (χ0v) is 16.8. The highest BCUT2D eigenvalue weighted by Gasteiger charge is 2.18. The van der Waals surface area contributed by atoms with Gasteiger partial charge in [-0.1, -0.05) is 24.3 Å². The molecule has 2 aromatic carbocycles. The molecule has 0 aliphatic rings. The molecule has 2 N–H and O–H groups in total. The first-order valence-electron chi connectivity index (χ1n) is 9.29. The van der Waals surface area contributed by atoms with Crippen LogP contribution >= 0.6 is 0 Å². The topological polar surface area (TPSA) is 115 Å². The zero-order chi connectivity index (χ0) is 23.3. The Labute approximate surface area is 185 Å². The van der Waals surface area contributed by atoms with E-state index < -0.39 is 12.2 Å². The van der Waals surface area contributed by atoms with Gasteiger partial charge in [0.2, 0.25) is 0 Å². The van der Waals surface area contributed by atoms with Crippen LogP contribution in [0.1, 0.15) is 11.1 Å². The van der Waals surface area contributed by atoms with Crippen LogP contribution in [0.15, 0.2) is 59.9 Å². The highest BCUT2D eigenvalue weighted by molar-refractivity contribution is 5.60. The Morgan fingerprint density at radius 3 is 1.41 bits per heavy atom. The molecule has 2 unspecified atom stereocenters. The fraction of sp³-hybridized carbons (Fsp3) is 0.167. The molecule has 0 saturated carbocycles. The van der Waals surface area contributed by atoms with E-state index in [0.29, 0.717) is 22.6 Å². The Kier molecular flexibility index (Phi) is 9.01. The lowest BCUT2D eigenvalue weighted by molar-refractivity contribution is -0.0288. The van der Waals surface area contributed by atoms with Crippen LogP contribution < -0.4 is 9.47 Å². The molecule has 0 fully saturated rings. The summed E-state index contributed by atoms with van der Waals surface area (Å²) in [6, 6.07) is 16.7. The van der Waals surface area contributed by atoms with E-state index in [1.807, 2.05) is 0 Å². The van der Waals surface area contributed by atoms with Crippen molar-refractivity contribution in [2.75, 3.05) is 13.2 Å². The van der Waals surface area contributed by atoms with Crippen molar-refractivity contribution in [3.8, 4) is 23.6 Å². The highest BCUT2D eigenvalue weighted by Crippen LogP contribution is 2.17. The van der Waals surface area contributed by atoms with Gasteiger partial charge in [-0.3, -0.25) is 0 Å². The molecule has 0 aliphatic heterocycles. The summed E-state index contributed by atoms with van der Waals surface area (Å²) in [5, 5.41) is 37.7. The summed E-state index contributed by atoms with van der Waals surface area (Å²) in [5.41, 5.74) is 1.27. The monoisotopic (exact) mass is 426 g/mol. The third kappa shape index (κ3) is 7.34. The molecule has 2 atom stereocenters. The number of hydrogen-bond donors (Lipinski definition) is 2. The number of allylic oxidation sites excluding steroid dienone is 2. The number of aliphatic hydroxyl groups is 2. The maximum absolute atomic E-state index is 10.1. The Hall–Kier alpha value is -4.60. The van der Waals surface area contributed by atoms with E-state index in [4.69, 9.17) is 33.1 Å². The van der Waals surface area contributed by atoms with E-state index in [9.17, 15) is 10.2 Å². The molecule has 0 saturated heterocycles. The van der Waals surface area contributed by atoms with Gasteiger partial charge in [0.05, 0.1) is 25.3 Å². The van der Waals surface area contributed by atoms with Gasteiger partial charge in [0.25, 0.3) is 11.4 Å². The van der Waals surface area contributed by atoms with Gasteiger partial charge >= 0.3 is 0 Å². The van der Waals surface area contributed by atoms with Crippen molar-refractivity contribution in [3.05, 3.63) is 93.9 Å². The summed E-state index contributed by atoms with van der Waals surface area (Å²) in [5.74, 6) is 0.908. The van der Waals surface area contributed by atoms with Crippen LogP contribution in [0.4, 0.5) is 0 Å². The molecule has 2 aromatic rings. The van der Waals surface area contributed by atoms with E-state index >= 15 is 0 Å². The number of ether oxygens (including phenoxy) is 2. The Morgan fingerprint density at radius 2 is 1.12 bits per heavy atom. The average Bonchev–Trinajstić information content (AvgIpc) is 2.84. The first-order chi connectivity index (χ1) is 15.5. The van der Waals surface area contributed by atoms with Crippen molar-refractivity contribution in [1.82, 2.24) is 0 Å². The number of aliphatic hydroxyl groups excluding tert-OH is 2. The van der Waals surface area contributed by atoms with E-state index in [0.717, 1.165) is 0 Å². The van der Waals surface area contributed by atoms with Crippen molar-refractivity contribution >= 4 is 12.2 Å². The molecule has 8 heteroatoms. The smallest absolute Gasteiger partial charge is 0.262 e. The Bertz CT molecular complexity index is 1020. The van der Waals surface area contributed by atoms with Crippen molar-refractivity contribution < 1.29 is 19.7 Å². The first-order valence-corrected chi connectivity index (χ1v) is 9.29. The summed E-state index contributed by atoms with van der Waals surface area (Å²) >= 11 is 0. The van der Waals surface area contributed by atoms with Crippen LogP contribution in [-0.4, -0.2) is 35.6 Å². The van der Waals surface area contributed by atoms with Crippen LogP contribution in [0.3, 0.4) is 0 Å². The highest BCUT2D eigenvalue weighted by atomic mass is 16.5. The second-order valence-electron chi connectivity index (χ2n) is 6.40. The minimum Gasteiger partial charge on any atom is -0.491 e. The van der Waals surface area contributed by atoms with Crippen LogP contribution in [0.5, 0.6) is 11.5 Å². The molecule has 2 rings (SSSR count). The number of rotatable bonds is 9. The maximum atomic E-state index is 10.1. The second kappa shape index (κ2) is 12.2. The number of benzene rings is 2. The molecule has 0 aromatic heterocycles. The number of nitriles is 2. The molecule has 158 valence electrons. The van der Waals surface area contributed by atoms with Gasteiger partial charge in [-0.15, -0.1) is 0 Å². The molecule has 32 heavy (non-hydrogen) atoms. The fourth-order valence-corrected chi connectivity index (χ4v) is 2.40. The van der Waals surface area contributed by atoms with Gasteiger partial charge in [0.15, 0.2) is 0 Å². The minimum atomic E-state index is -1.19. The average molecular weight is 426 g/mol. The molecule has 0 radical (unpaired) electrons. The van der Waals surface area contributed by atoms with Crippen molar-refractivity contribution in [2.24, 2.45) is 0 Å². The SMILES string of the molecule is [C-]#[N+]/C(C#N)=C\c1ccc(OCC(O)C(O)COc2ccc(/C=C(\C#N)[N+]#[C-])cc2)cc1. The second-order valence-corrected chi connectivity index (χ2v) is 6.40. The predicted octanol–water partition coefficient (Wildman–Crippen LogP) is 3.43. The van der Waals surface area contributed by atoms with Gasteiger partial charge in [-0.25, -0.2) is 20.2 Å². The fourth-order valence-electron chi connectivity index (χ4n) is 2.40. The molecule has 0 bridgehead atoms. The molecular weight excluding hydrogens is 408 g/mol. The summed E-state index contributed by atoms with van der Waals surface area (Å²) in [4.78, 5) is 6.17. The third-order valence-corrected chi connectivity index (χ3v) is 4.12. The molecule has 0 amide bonds. The molecule has 0 spiro atoms. The predicted molar refractivity (Wildman–Crippen MR) is 116 cm³/mol. The minimum absolute atomic E-state index is 0.0291. The normalized spacial score (nSPS) is 12.9. The molecule has 8 nitrogen and oxygen atoms in total. The van der Waals surface area contributed by atoms with Crippen LogP contribution in [0.25, 0.3) is 21.8 Å². The third-order valence-electron chi connectivity index (χ3n) is 4.12. The molecule has 0 heterocycles. The number of hydrogen-bond acceptors (Lipinski definition) is 6. The largest absolute Gasteiger partial charge is 0.491 e. The molecular formula is C24H18N4O4. The lowest BCUT2D eigenvalue weighted by atomic mass is 10.2. The Morgan fingerprint density at radius 1 is 0.781 bits per heavy atom. The quantitative estimate of drug-likeness (QED) is 0.469. The van der Waals surface area contributed by atoms with Gasteiger partial charge in [0, 0.05) is 0 Å². The van der Waals surface area contributed by atoms with E-state index in [2.05, 4.69) is 9.69 Å². The summed E-state index contributed by atoms with van der Waals surface area (Å²) in [6.07, 6.45) is 0.507. The van der Waals surface area contributed by atoms with E-state index in [-0.39, 0.29) is 24.6 Å². The van der Waals surface area contributed by atoms with Gasteiger partial charge < -0.3 is 19.7 Å². The van der Waals surface area contributed by atoms with Gasteiger partial charge in [-0.05, 0) is 47.5 Å². The van der Waals surface area contributed by atoms with Crippen molar-refractivity contribution in [3.63, 3.8) is 0 Å². The summed E-state index contributed by atoms with van der Waals surface area (Å²) in [6.45, 7) is 13.4. The van der Waals surface area contributed by atoms with Crippen LogP contribution in [0.2, 0.25) is 0 Å². The van der Waals surface area contributed by atoms with Gasteiger partial charge in [-0.2, -0.15) is 0 Å². The summed E-state index contributed by atoms with van der Waals surface area (Å²) < 4.78 is 10.9. The molecule has 0 aliphatic carbocycles. The summed E-state index contributed by atoms with van der Waals surface area (Å²) in [7, 11) is 0. The maximum Gasteiger partial charge on any atom is 0.262 e. The zero-order valence-electron chi connectivity index (χ0n) is 16.8. The van der Waals surface area contributed by atoms with E-state index in [1.165, 1.54) is 12.2 Å². The van der Waals surface area contributed by atoms with Gasteiger partial charge in [0.1, 0.15) is 36.9 Å².